The third-order valence-electron chi connectivity index (χ3n) is 5.26. The van der Waals surface area contributed by atoms with Gasteiger partial charge in [0.1, 0.15) is 11.6 Å². The molecule has 0 bridgehead atoms. The summed E-state index contributed by atoms with van der Waals surface area (Å²) in [6.07, 6.45) is 1.83. The van der Waals surface area contributed by atoms with Crippen molar-refractivity contribution >= 4 is 11.5 Å². The molecule has 28 heavy (non-hydrogen) atoms. The van der Waals surface area contributed by atoms with Crippen LogP contribution in [0, 0.1) is 6.92 Å². The van der Waals surface area contributed by atoms with Gasteiger partial charge in [0, 0.05) is 23.9 Å². The number of nitrogens with zero attached hydrogens (tertiary/aromatic N) is 4. The largest absolute Gasteiger partial charge is 0.497 e. The van der Waals surface area contributed by atoms with E-state index in [0.717, 1.165) is 39.4 Å². The van der Waals surface area contributed by atoms with Crippen LogP contribution in [0.1, 0.15) is 23.7 Å². The van der Waals surface area contributed by atoms with E-state index in [1.807, 2.05) is 62.1 Å². The number of hydrogen-bond donors (Lipinski definition) is 1. The number of rotatable bonds is 4. The lowest BCUT2D eigenvalue weighted by Gasteiger charge is -2.24. The molecule has 1 aliphatic rings. The lowest BCUT2D eigenvalue weighted by atomic mass is 9.90. The van der Waals surface area contributed by atoms with Crippen LogP contribution in [-0.2, 0) is 12.7 Å². The fraction of sp³-hybridized carbons (Fsp3) is 0.227. The number of aromatic nitrogens is 2. The number of aryl methyl sites for hydroxylation is 1. The van der Waals surface area contributed by atoms with Gasteiger partial charge in [-0.15, -0.1) is 0 Å². The molecule has 0 radical (unpaired) electrons. The fourth-order valence-electron chi connectivity index (χ4n) is 3.54. The Bertz CT molecular complexity index is 1090. The maximum absolute atomic E-state index is 6.15. The summed E-state index contributed by atoms with van der Waals surface area (Å²) in [5.41, 5.74) is 11.0. The number of methoxy groups -OCH3 is 1. The molecular weight excluding hydrogens is 350 g/mol. The molecule has 0 amide bonds. The number of ether oxygens (including phenoxy) is 1. The zero-order chi connectivity index (χ0) is 19.9. The molecule has 4 rings (SSSR count). The van der Waals surface area contributed by atoms with Crippen molar-refractivity contribution < 1.29 is 4.74 Å². The van der Waals surface area contributed by atoms with Crippen molar-refractivity contribution in [3.8, 4) is 16.9 Å². The second kappa shape index (κ2) is 6.64. The third-order valence-corrected chi connectivity index (χ3v) is 5.26. The average molecular weight is 373 g/mol. The summed E-state index contributed by atoms with van der Waals surface area (Å²) in [5.74, 6) is 1.27. The molecule has 0 aliphatic carbocycles. The van der Waals surface area contributed by atoms with E-state index < -0.39 is 5.66 Å². The van der Waals surface area contributed by atoms with Crippen LogP contribution in [0.15, 0.2) is 64.7 Å². The topological polar surface area (TPSA) is 77.8 Å². The molecule has 0 fully saturated rings. The van der Waals surface area contributed by atoms with E-state index in [2.05, 4.69) is 23.3 Å². The van der Waals surface area contributed by atoms with Crippen molar-refractivity contribution in [2.75, 3.05) is 7.11 Å². The smallest absolute Gasteiger partial charge is 0.207 e. The second-order valence-corrected chi connectivity index (χ2v) is 6.95. The van der Waals surface area contributed by atoms with Gasteiger partial charge in [0.15, 0.2) is 0 Å². The van der Waals surface area contributed by atoms with Crippen LogP contribution in [0.3, 0.4) is 0 Å². The molecule has 142 valence electrons. The van der Waals surface area contributed by atoms with E-state index in [9.17, 15) is 0 Å². The van der Waals surface area contributed by atoms with E-state index in [1.54, 1.807) is 7.11 Å². The van der Waals surface area contributed by atoms with Crippen LogP contribution in [0.5, 0.6) is 5.75 Å². The van der Waals surface area contributed by atoms with Crippen LogP contribution in [0.25, 0.3) is 11.1 Å². The second-order valence-electron chi connectivity index (χ2n) is 6.95. The van der Waals surface area contributed by atoms with E-state index in [4.69, 9.17) is 20.5 Å². The Kier molecular flexibility index (Phi) is 4.26. The van der Waals surface area contributed by atoms with Crippen molar-refractivity contribution in [3.05, 3.63) is 71.5 Å². The Morgan fingerprint density at radius 1 is 1.00 bits per heavy atom. The molecule has 2 aromatic carbocycles. The van der Waals surface area contributed by atoms with Gasteiger partial charge in [0.2, 0.25) is 5.66 Å². The van der Waals surface area contributed by atoms with Crippen LogP contribution in [0.2, 0.25) is 0 Å². The zero-order valence-electron chi connectivity index (χ0n) is 16.5. The van der Waals surface area contributed by atoms with Gasteiger partial charge in [0.25, 0.3) is 0 Å². The standard InChI is InChI=1S/C22H23N5O/c1-14-21(23)26-22(25-14,20-13-24-27(3)15(20)2)18-9-5-7-16(11-18)17-8-6-10-19(12-17)28-4/h5-13H,1-4H3,(H2,23,26). The maximum atomic E-state index is 6.15. The van der Waals surface area contributed by atoms with Gasteiger partial charge in [-0.3, -0.25) is 4.68 Å². The van der Waals surface area contributed by atoms with Gasteiger partial charge in [-0.2, -0.15) is 5.10 Å². The van der Waals surface area contributed by atoms with E-state index >= 15 is 0 Å². The zero-order valence-corrected chi connectivity index (χ0v) is 16.5. The minimum atomic E-state index is -0.915. The highest BCUT2D eigenvalue weighted by Gasteiger charge is 2.40. The van der Waals surface area contributed by atoms with Gasteiger partial charge in [0.05, 0.1) is 19.0 Å². The molecule has 1 aromatic heterocycles. The highest BCUT2D eigenvalue weighted by atomic mass is 16.5. The number of aliphatic imine (C=N–C) groups is 2. The Balaban J connectivity index is 1.91. The molecular formula is C22H23N5O. The maximum Gasteiger partial charge on any atom is 0.207 e. The first-order chi connectivity index (χ1) is 13.4. The lowest BCUT2D eigenvalue weighted by molar-refractivity contribution is 0.415. The summed E-state index contributed by atoms with van der Waals surface area (Å²) in [6.45, 7) is 3.91. The summed E-state index contributed by atoms with van der Waals surface area (Å²) in [4.78, 5) is 9.69. The van der Waals surface area contributed by atoms with Crippen molar-refractivity contribution in [1.82, 2.24) is 9.78 Å². The van der Waals surface area contributed by atoms with Gasteiger partial charge in [-0.25, -0.2) is 9.98 Å². The van der Waals surface area contributed by atoms with Crippen molar-refractivity contribution in [1.29, 1.82) is 0 Å². The first kappa shape index (κ1) is 18.0. The Labute approximate surface area is 164 Å². The summed E-state index contributed by atoms with van der Waals surface area (Å²) in [5, 5.41) is 4.41. The monoisotopic (exact) mass is 373 g/mol. The minimum absolute atomic E-state index is 0.454. The lowest BCUT2D eigenvalue weighted by Crippen LogP contribution is -2.23. The number of benzene rings is 2. The fourth-order valence-corrected chi connectivity index (χ4v) is 3.54. The molecule has 1 aliphatic heterocycles. The average Bonchev–Trinajstić information content (AvgIpc) is 3.21. The van der Waals surface area contributed by atoms with Crippen molar-refractivity contribution in [3.63, 3.8) is 0 Å². The first-order valence-corrected chi connectivity index (χ1v) is 9.11. The predicted octanol–water partition coefficient (Wildman–Crippen LogP) is 3.44. The predicted molar refractivity (Wildman–Crippen MR) is 112 cm³/mol. The Morgan fingerprint density at radius 2 is 1.71 bits per heavy atom. The molecule has 1 unspecified atom stereocenters. The Hall–Kier alpha value is -3.41. The SMILES string of the molecule is COc1cccc(-c2cccc(C3(c4cnn(C)c4C)N=C(C)C(N)=N3)c2)c1. The highest BCUT2D eigenvalue weighted by Crippen LogP contribution is 2.41. The normalized spacial score (nSPS) is 18.7. The third kappa shape index (κ3) is 2.78. The number of hydrogen-bond acceptors (Lipinski definition) is 5. The van der Waals surface area contributed by atoms with Crippen LogP contribution in [0.4, 0.5) is 0 Å². The van der Waals surface area contributed by atoms with Gasteiger partial charge in [-0.05, 0) is 43.2 Å². The van der Waals surface area contributed by atoms with E-state index in [1.165, 1.54) is 0 Å². The van der Waals surface area contributed by atoms with E-state index in [-0.39, 0.29) is 0 Å². The summed E-state index contributed by atoms with van der Waals surface area (Å²) in [6, 6.07) is 16.2. The van der Waals surface area contributed by atoms with Crippen LogP contribution in [-0.4, -0.2) is 28.4 Å². The molecule has 6 heteroatoms. The summed E-state index contributed by atoms with van der Waals surface area (Å²) in [7, 11) is 3.58. The number of amidine groups is 1. The summed E-state index contributed by atoms with van der Waals surface area (Å²) >= 11 is 0. The summed E-state index contributed by atoms with van der Waals surface area (Å²) < 4.78 is 7.20. The first-order valence-electron chi connectivity index (χ1n) is 9.11. The van der Waals surface area contributed by atoms with Gasteiger partial charge in [-0.1, -0.05) is 30.3 Å². The van der Waals surface area contributed by atoms with Gasteiger partial charge < -0.3 is 10.5 Å². The van der Waals surface area contributed by atoms with E-state index in [0.29, 0.717) is 5.84 Å². The van der Waals surface area contributed by atoms with Crippen LogP contribution < -0.4 is 10.5 Å². The molecule has 3 aromatic rings. The molecule has 0 spiro atoms. The van der Waals surface area contributed by atoms with Crippen molar-refractivity contribution in [2.24, 2.45) is 22.8 Å². The molecule has 1 atom stereocenters. The van der Waals surface area contributed by atoms with Gasteiger partial charge >= 0.3 is 0 Å². The Morgan fingerprint density at radius 3 is 2.32 bits per heavy atom. The highest BCUT2D eigenvalue weighted by molar-refractivity contribution is 6.41. The molecule has 2 N–H and O–H groups in total. The molecule has 0 saturated heterocycles. The molecule has 2 heterocycles. The minimum Gasteiger partial charge on any atom is -0.497 e. The van der Waals surface area contributed by atoms with Crippen LogP contribution >= 0.6 is 0 Å². The molecule has 6 nitrogen and oxygen atoms in total. The molecule has 0 saturated carbocycles. The quantitative estimate of drug-likeness (QED) is 0.761. The van der Waals surface area contributed by atoms with Crippen molar-refractivity contribution in [2.45, 2.75) is 19.5 Å². The number of nitrogens with two attached hydrogens (primary N) is 1.